The maximum absolute atomic E-state index is 12.0. The fraction of sp³-hybridized carbons (Fsp3) is 0.176. The Hall–Kier alpha value is -2.08. The molecule has 5 nitrogen and oxygen atoms in total. The van der Waals surface area contributed by atoms with Crippen LogP contribution in [-0.4, -0.2) is 36.9 Å². The van der Waals surface area contributed by atoms with Crippen LogP contribution >= 0.6 is 23.2 Å². The number of anilines is 2. The van der Waals surface area contributed by atoms with E-state index >= 15 is 0 Å². The third-order valence-corrected chi connectivity index (χ3v) is 3.59. The number of likely N-dealkylation sites (N-methyl/N-ethyl adjacent to an activating group) is 1. The fourth-order valence-corrected chi connectivity index (χ4v) is 2.27. The number of carbonyl (C=O) groups is 2. The van der Waals surface area contributed by atoms with Crippen LogP contribution in [-0.2, 0) is 9.59 Å². The number of halogens is 2. The molecule has 0 fully saturated rings. The van der Waals surface area contributed by atoms with Gasteiger partial charge in [-0.3, -0.25) is 14.5 Å². The van der Waals surface area contributed by atoms with Gasteiger partial charge in [-0.25, -0.2) is 0 Å². The van der Waals surface area contributed by atoms with Gasteiger partial charge >= 0.3 is 0 Å². The first kappa shape index (κ1) is 18.3. The minimum absolute atomic E-state index is 0.0939. The Labute approximate surface area is 150 Å². The van der Waals surface area contributed by atoms with Crippen molar-refractivity contribution in [3.63, 3.8) is 0 Å². The Bertz CT molecular complexity index is 641. The summed E-state index contributed by atoms with van der Waals surface area (Å²) >= 11 is 11.6. The molecular weight excluding hydrogens is 349 g/mol. The first-order valence-electron chi connectivity index (χ1n) is 7.22. The molecule has 0 bridgehead atoms. The van der Waals surface area contributed by atoms with Crippen LogP contribution in [0.3, 0.4) is 0 Å². The van der Waals surface area contributed by atoms with Crippen molar-refractivity contribution in [1.82, 2.24) is 4.90 Å². The highest BCUT2D eigenvalue weighted by atomic mass is 35.5. The van der Waals surface area contributed by atoms with Crippen molar-refractivity contribution >= 4 is 46.4 Å². The van der Waals surface area contributed by atoms with Crippen molar-refractivity contribution in [2.75, 3.05) is 30.8 Å². The second-order valence-electron chi connectivity index (χ2n) is 5.28. The van der Waals surface area contributed by atoms with E-state index in [0.717, 1.165) is 0 Å². The topological polar surface area (TPSA) is 61.4 Å². The monoisotopic (exact) mass is 365 g/mol. The van der Waals surface area contributed by atoms with Crippen LogP contribution in [0.2, 0.25) is 10.0 Å². The average Bonchev–Trinajstić information content (AvgIpc) is 2.51. The lowest BCUT2D eigenvalue weighted by Crippen LogP contribution is -2.36. The number of rotatable bonds is 6. The second kappa shape index (κ2) is 8.68. The molecule has 126 valence electrons. The lowest BCUT2D eigenvalue weighted by atomic mass is 10.3. The van der Waals surface area contributed by atoms with Gasteiger partial charge in [0.05, 0.1) is 13.1 Å². The molecule has 0 saturated heterocycles. The molecule has 0 radical (unpaired) electrons. The number of hydrogen-bond acceptors (Lipinski definition) is 3. The Morgan fingerprint density at radius 3 is 1.46 bits per heavy atom. The zero-order chi connectivity index (χ0) is 17.5. The van der Waals surface area contributed by atoms with E-state index in [9.17, 15) is 9.59 Å². The fourth-order valence-electron chi connectivity index (χ4n) is 2.01. The molecule has 2 amide bonds. The van der Waals surface area contributed by atoms with Crippen LogP contribution in [0.5, 0.6) is 0 Å². The molecule has 24 heavy (non-hydrogen) atoms. The molecule has 0 spiro atoms. The van der Waals surface area contributed by atoms with Crippen molar-refractivity contribution < 1.29 is 9.59 Å². The molecule has 0 unspecified atom stereocenters. The van der Waals surface area contributed by atoms with Crippen LogP contribution in [0, 0.1) is 0 Å². The molecule has 2 rings (SSSR count). The smallest absolute Gasteiger partial charge is 0.238 e. The summed E-state index contributed by atoms with van der Waals surface area (Å²) in [6.45, 7) is 0.188. The number of hydrogen-bond donors (Lipinski definition) is 2. The molecule has 0 heterocycles. The maximum Gasteiger partial charge on any atom is 0.238 e. The van der Waals surface area contributed by atoms with Crippen LogP contribution in [0.15, 0.2) is 48.5 Å². The van der Waals surface area contributed by atoms with Crippen molar-refractivity contribution in [3.8, 4) is 0 Å². The standard InChI is InChI=1S/C17H17Cl2N3O2/c1-22(10-16(23)20-14-6-2-12(18)3-7-14)11-17(24)21-15-8-4-13(19)5-9-15/h2-9H,10-11H2,1H3,(H,20,23)(H,21,24). The van der Waals surface area contributed by atoms with Crippen LogP contribution in [0.1, 0.15) is 0 Å². The molecule has 0 aliphatic heterocycles. The summed E-state index contributed by atoms with van der Waals surface area (Å²) in [5, 5.41) is 6.69. The van der Waals surface area contributed by atoms with Gasteiger partial charge in [-0.2, -0.15) is 0 Å². The van der Waals surface area contributed by atoms with E-state index < -0.39 is 0 Å². The summed E-state index contributed by atoms with van der Waals surface area (Å²) in [6, 6.07) is 13.6. The summed E-state index contributed by atoms with van der Waals surface area (Å²) in [7, 11) is 1.70. The van der Waals surface area contributed by atoms with Gasteiger partial charge in [0.2, 0.25) is 11.8 Å². The Morgan fingerprint density at radius 2 is 1.12 bits per heavy atom. The predicted molar refractivity (Wildman–Crippen MR) is 97.7 cm³/mol. The van der Waals surface area contributed by atoms with Gasteiger partial charge in [-0.15, -0.1) is 0 Å². The summed E-state index contributed by atoms with van der Waals surface area (Å²) in [5.41, 5.74) is 1.31. The summed E-state index contributed by atoms with van der Waals surface area (Å²) in [4.78, 5) is 25.5. The minimum Gasteiger partial charge on any atom is -0.325 e. The molecular formula is C17H17Cl2N3O2. The van der Waals surface area contributed by atoms with Crippen LogP contribution in [0.25, 0.3) is 0 Å². The van der Waals surface area contributed by atoms with E-state index in [2.05, 4.69) is 10.6 Å². The van der Waals surface area contributed by atoms with Crippen molar-refractivity contribution in [2.24, 2.45) is 0 Å². The number of benzene rings is 2. The van der Waals surface area contributed by atoms with Gasteiger partial charge < -0.3 is 10.6 Å². The number of nitrogens with zero attached hydrogens (tertiary/aromatic N) is 1. The number of nitrogens with one attached hydrogen (secondary N) is 2. The van der Waals surface area contributed by atoms with E-state index in [0.29, 0.717) is 21.4 Å². The van der Waals surface area contributed by atoms with Gasteiger partial charge in [0.25, 0.3) is 0 Å². The van der Waals surface area contributed by atoms with E-state index in [1.807, 2.05) is 0 Å². The van der Waals surface area contributed by atoms with Crippen molar-refractivity contribution in [2.45, 2.75) is 0 Å². The van der Waals surface area contributed by atoms with Crippen LogP contribution in [0.4, 0.5) is 11.4 Å². The molecule has 2 aromatic rings. The summed E-state index contributed by atoms with van der Waals surface area (Å²) in [5.74, 6) is -0.418. The van der Waals surface area contributed by atoms with Gasteiger partial charge in [0.15, 0.2) is 0 Å². The van der Waals surface area contributed by atoms with E-state index in [-0.39, 0.29) is 24.9 Å². The number of carbonyl (C=O) groups excluding carboxylic acids is 2. The van der Waals surface area contributed by atoms with Crippen LogP contribution < -0.4 is 10.6 Å². The molecule has 2 N–H and O–H groups in total. The third kappa shape index (κ3) is 6.20. The lowest BCUT2D eigenvalue weighted by Gasteiger charge is -2.16. The zero-order valence-electron chi connectivity index (χ0n) is 13.1. The highest BCUT2D eigenvalue weighted by molar-refractivity contribution is 6.31. The van der Waals surface area contributed by atoms with E-state index in [4.69, 9.17) is 23.2 Å². The van der Waals surface area contributed by atoms with Crippen molar-refractivity contribution in [1.29, 1.82) is 0 Å². The first-order valence-corrected chi connectivity index (χ1v) is 7.97. The van der Waals surface area contributed by atoms with Crippen molar-refractivity contribution in [3.05, 3.63) is 58.6 Å². The molecule has 7 heteroatoms. The Morgan fingerprint density at radius 1 is 0.792 bits per heavy atom. The first-order chi connectivity index (χ1) is 11.4. The van der Waals surface area contributed by atoms with E-state index in [1.54, 1.807) is 60.5 Å². The second-order valence-corrected chi connectivity index (χ2v) is 6.16. The predicted octanol–water partition coefficient (Wildman–Crippen LogP) is 3.50. The average molecular weight is 366 g/mol. The Kier molecular flexibility index (Phi) is 6.61. The lowest BCUT2D eigenvalue weighted by molar-refractivity contribution is -0.119. The number of amides is 2. The molecule has 0 atom stereocenters. The van der Waals surface area contributed by atoms with E-state index in [1.165, 1.54) is 0 Å². The van der Waals surface area contributed by atoms with Gasteiger partial charge in [0.1, 0.15) is 0 Å². The Balaban J connectivity index is 1.78. The van der Waals surface area contributed by atoms with Gasteiger partial charge in [0, 0.05) is 21.4 Å². The highest BCUT2D eigenvalue weighted by Gasteiger charge is 2.11. The molecule has 0 saturated carbocycles. The summed E-state index contributed by atoms with van der Waals surface area (Å²) < 4.78 is 0. The minimum atomic E-state index is -0.209. The normalized spacial score (nSPS) is 10.5. The third-order valence-electron chi connectivity index (χ3n) is 3.08. The quantitative estimate of drug-likeness (QED) is 0.823. The highest BCUT2D eigenvalue weighted by Crippen LogP contribution is 2.14. The molecule has 0 aliphatic rings. The summed E-state index contributed by atoms with van der Waals surface area (Å²) in [6.07, 6.45) is 0. The zero-order valence-corrected chi connectivity index (χ0v) is 14.6. The molecule has 2 aromatic carbocycles. The maximum atomic E-state index is 12.0. The van der Waals surface area contributed by atoms with Gasteiger partial charge in [-0.1, -0.05) is 23.2 Å². The molecule has 0 aliphatic carbocycles. The molecule has 0 aromatic heterocycles. The largest absolute Gasteiger partial charge is 0.325 e. The van der Waals surface area contributed by atoms with Gasteiger partial charge in [-0.05, 0) is 55.6 Å². The SMILES string of the molecule is CN(CC(=O)Nc1ccc(Cl)cc1)CC(=O)Nc1ccc(Cl)cc1.